The molecule has 0 aliphatic carbocycles. The van der Waals surface area contributed by atoms with E-state index >= 15 is 0 Å². The van der Waals surface area contributed by atoms with E-state index in [9.17, 15) is 9.59 Å². The van der Waals surface area contributed by atoms with Gasteiger partial charge in [-0.15, -0.1) is 0 Å². The number of halogens is 1. The minimum atomic E-state index is -0.452. The molecule has 0 spiro atoms. The van der Waals surface area contributed by atoms with Gasteiger partial charge in [0.2, 0.25) is 0 Å². The summed E-state index contributed by atoms with van der Waals surface area (Å²) in [4.78, 5) is 32.5. The maximum Gasteiger partial charge on any atom is 0.306 e. The summed E-state index contributed by atoms with van der Waals surface area (Å²) < 4.78 is 5.02. The SMILES string of the molecule is CSc1nc(C)c(CCC(=O)OCC(=O)Nc2ccccc2Cl)c(C)n1. The van der Waals surface area contributed by atoms with Gasteiger partial charge in [-0.3, -0.25) is 9.59 Å². The lowest BCUT2D eigenvalue weighted by atomic mass is 10.1. The van der Waals surface area contributed by atoms with Gasteiger partial charge in [0.25, 0.3) is 5.91 Å². The number of carbonyl (C=O) groups excluding carboxylic acids is 2. The number of nitrogens with one attached hydrogen (secondary N) is 1. The third-order valence-electron chi connectivity index (χ3n) is 3.67. The Hall–Kier alpha value is -2.12. The first kappa shape index (κ1) is 20.2. The number of ether oxygens (including phenoxy) is 1. The molecule has 0 atom stereocenters. The van der Waals surface area contributed by atoms with Gasteiger partial charge in [0.05, 0.1) is 10.7 Å². The van der Waals surface area contributed by atoms with Crippen LogP contribution in [0.4, 0.5) is 5.69 Å². The first-order valence-electron chi connectivity index (χ1n) is 7.98. The number of aryl methyl sites for hydroxylation is 2. The van der Waals surface area contributed by atoms with Crippen LogP contribution in [0.1, 0.15) is 23.4 Å². The number of hydrogen-bond donors (Lipinski definition) is 1. The molecule has 8 heteroatoms. The number of aromatic nitrogens is 2. The topological polar surface area (TPSA) is 81.2 Å². The van der Waals surface area contributed by atoms with Crippen LogP contribution in [0.3, 0.4) is 0 Å². The highest BCUT2D eigenvalue weighted by Gasteiger charge is 2.13. The zero-order valence-corrected chi connectivity index (χ0v) is 16.4. The molecule has 138 valence electrons. The van der Waals surface area contributed by atoms with E-state index < -0.39 is 11.9 Å². The summed E-state index contributed by atoms with van der Waals surface area (Å²) in [5, 5.41) is 3.73. The summed E-state index contributed by atoms with van der Waals surface area (Å²) in [5.41, 5.74) is 3.12. The monoisotopic (exact) mass is 393 g/mol. The molecule has 0 aliphatic heterocycles. The van der Waals surface area contributed by atoms with Crippen LogP contribution >= 0.6 is 23.4 Å². The molecule has 1 N–H and O–H groups in total. The Labute approximate surface area is 161 Å². The molecule has 0 unspecified atom stereocenters. The zero-order valence-electron chi connectivity index (χ0n) is 14.8. The van der Waals surface area contributed by atoms with Crippen LogP contribution < -0.4 is 5.32 Å². The highest BCUT2D eigenvalue weighted by molar-refractivity contribution is 7.98. The summed E-state index contributed by atoms with van der Waals surface area (Å²) in [5.74, 6) is -0.890. The van der Waals surface area contributed by atoms with Crippen molar-refractivity contribution in [2.75, 3.05) is 18.2 Å². The number of para-hydroxylation sites is 1. The van der Waals surface area contributed by atoms with Crippen molar-refractivity contribution in [1.82, 2.24) is 9.97 Å². The van der Waals surface area contributed by atoms with Crippen LogP contribution in [-0.4, -0.2) is 34.7 Å². The number of hydrogen-bond acceptors (Lipinski definition) is 6. The third-order valence-corrected chi connectivity index (χ3v) is 4.55. The largest absolute Gasteiger partial charge is 0.456 e. The average Bonchev–Trinajstić information content (AvgIpc) is 2.61. The van der Waals surface area contributed by atoms with Crippen LogP contribution in [-0.2, 0) is 20.7 Å². The lowest BCUT2D eigenvalue weighted by molar-refractivity contribution is -0.147. The molecule has 26 heavy (non-hydrogen) atoms. The average molecular weight is 394 g/mol. The van der Waals surface area contributed by atoms with E-state index in [4.69, 9.17) is 16.3 Å². The van der Waals surface area contributed by atoms with Crippen LogP contribution in [0.15, 0.2) is 29.4 Å². The number of rotatable bonds is 7. The second-order valence-electron chi connectivity index (χ2n) is 5.55. The maximum absolute atomic E-state index is 11.9. The molecule has 6 nitrogen and oxygen atoms in total. The van der Waals surface area contributed by atoms with Crippen LogP contribution in [0.5, 0.6) is 0 Å². The highest BCUT2D eigenvalue weighted by atomic mass is 35.5. The third kappa shape index (κ3) is 5.71. The highest BCUT2D eigenvalue weighted by Crippen LogP contribution is 2.20. The Morgan fingerprint density at radius 2 is 1.85 bits per heavy atom. The molecule has 0 saturated heterocycles. The van der Waals surface area contributed by atoms with Crippen LogP contribution in [0, 0.1) is 13.8 Å². The number of nitrogens with zero attached hydrogens (tertiary/aromatic N) is 2. The van der Waals surface area contributed by atoms with E-state index in [1.54, 1.807) is 24.3 Å². The minimum absolute atomic E-state index is 0.156. The maximum atomic E-state index is 11.9. The first-order chi connectivity index (χ1) is 12.4. The number of anilines is 1. The van der Waals surface area contributed by atoms with E-state index in [0.29, 0.717) is 22.3 Å². The number of thioether (sulfide) groups is 1. The predicted octanol–water partition coefficient (Wildman–Crippen LogP) is 3.58. The quantitative estimate of drug-likeness (QED) is 0.440. The van der Waals surface area contributed by atoms with Crippen molar-refractivity contribution >= 4 is 40.9 Å². The van der Waals surface area contributed by atoms with E-state index in [2.05, 4.69) is 15.3 Å². The van der Waals surface area contributed by atoms with Gasteiger partial charge in [-0.1, -0.05) is 35.5 Å². The van der Waals surface area contributed by atoms with Crippen molar-refractivity contribution in [2.45, 2.75) is 31.8 Å². The Balaban J connectivity index is 1.82. The molecule has 0 bridgehead atoms. The molecule has 1 amide bonds. The Bertz CT molecular complexity index is 791. The van der Waals surface area contributed by atoms with Gasteiger partial charge in [-0.25, -0.2) is 9.97 Å². The summed E-state index contributed by atoms with van der Waals surface area (Å²) >= 11 is 7.44. The molecular formula is C18H20ClN3O3S. The Morgan fingerprint density at radius 1 is 1.19 bits per heavy atom. The van der Waals surface area contributed by atoms with E-state index in [0.717, 1.165) is 17.0 Å². The van der Waals surface area contributed by atoms with Crippen molar-refractivity contribution in [2.24, 2.45) is 0 Å². The van der Waals surface area contributed by atoms with Crippen molar-refractivity contribution < 1.29 is 14.3 Å². The van der Waals surface area contributed by atoms with E-state index in [-0.39, 0.29) is 13.0 Å². The minimum Gasteiger partial charge on any atom is -0.456 e. The van der Waals surface area contributed by atoms with Crippen molar-refractivity contribution in [1.29, 1.82) is 0 Å². The van der Waals surface area contributed by atoms with Crippen molar-refractivity contribution in [3.05, 3.63) is 46.2 Å². The molecule has 2 aromatic rings. The fraction of sp³-hybridized carbons (Fsp3) is 0.333. The number of amides is 1. The zero-order chi connectivity index (χ0) is 19.1. The summed E-state index contributed by atoms with van der Waals surface area (Å²) in [6, 6.07) is 6.85. The fourth-order valence-electron chi connectivity index (χ4n) is 2.36. The molecule has 0 saturated carbocycles. The van der Waals surface area contributed by atoms with E-state index in [1.807, 2.05) is 20.1 Å². The van der Waals surface area contributed by atoms with Gasteiger partial charge in [0, 0.05) is 17.8 Å². The standard InChI is InChI=1S/C18H20ClN3O3S/c1-11-13(12(2)21-18(20-11)26-3)8-9-17(24)25-10-16(23)22-15-7-5-4-6-14(15)19/h4-7H,8-10H2,1-3H3,(H,22,23). The second-order valence-corrected chi connectivity index (χ2v) is 6.73. The van der Waals surface area contributed by atoms with Gasteiger partial charge in [-0.2, -0.15) is 0 Å². The summed E-state index contributed by atoms with van der Waals surface area (Å²) in [6.45, 7) is 3.43. The second kappa shape index (κ2) is 9.54. The molecular weight excluding hydrogens is 374 g/mol. The van der Waals surface area contributed by atoms with Gasteiger partial charge in [-0.05, 0) is 44.2 Å². The van der Waals surface area contributed by atoms with E-state index in [1.165, 1.54) is 11.8 Å². The molecule has 0 aliphatic rings. The Morgan fingerprint density at radius 3 is 2.46 bits per heavy atom. The molecule has 1 heterocycles. The van der Waals surface area contributed by atoms with Crippen LogP contribution in [0.25, 0.3) is 0 Å². The van der Waals surface area contributed by atoms with Gasteiger partial charge in [0.15, 0.2) is 11.8 Å². The smallest absolute Gasteiger partial charge is 0.306 e. The lowest BCUT2D eigenvalue weighted by Crippen LogP contribution is -2.21. The van der Waals surface area contributed by atoms with Gasteiger partial charge in [0.1, 0.15) is 0 Å². The number of benzene rings is 1. The van der Waals surface area contributed by atoms with Crippen LogP contribution in [0.2, 0.25) is 5.02 Å². The summed E-state index contributed by atoms with van der Waals surface area (Å²) in [7, 11) is 0. The number of esters is 1. The first-order valence-corrected chi connectivity index (χ1v) is 9.59. The molecule has 2 rings (SSSR count). The van der Waals surface area contributed by atoms with Gasteiger partial charge < -0.3 is 10.1 Å². The van der Waals surface area contributed by atoms with Crippen molar-refractivity contribution in [3.63, 3.8) is 0 Å². The summed E-state index contributed by atoms with van der Waals surface area (Å²) in [6.07, 6.45) is 2.54. The molecule has 0 radical (unpaired) electrons. The fourth-order valence-corrected chi connectivity index (χ4v) is 3.00. The Kier molecular flexibility index (Phi) is 7.41. The molecule has 1 aromatic heterocycles. The van der Waals surface area contributed by atoms with Crippen molar-refractivity contribution in [3.8, 4) is 0 Å². The molecule has 1 aromatic carbocycles. The van der Waals surface area contributed by atoms with Gasteiger partial charge >= 0.3 is 5.97 Å². The lowest BCUT2D eigenvalue weighted by Gasteiger charge is -2.10. The number of carbonyl (C=O) groups is 2. The normalized spacial score (nSPS) is 10.5. The predicted molar refractivity (Wildman–Crippen MR) is 103 cm³/mol. The molecule has 0 fully saturated rings.